The first-order valence-corrected chi connectivity index (χ1v) is 8.59. The Balaban J connectivity index is 1.75. The molecule has 2 aromatic rings. The third-order valence-electron chi connectivity index (χ3n) is 4.50. The topological polar surface area (TPSA) is 16.1 Å². The number of pyridine rings is 1. The van der Waals surface area contributed by atoms with E-state index in [0.717, 1.165) is 23.7 Å². The molecule has 1 fully saturated rings. The minimum absolute atomic E-state index is 0.348. The number of halogens is 1. The molecule has 2 heterocycles. The largest absolute Gasteiger partial charge is 0.303 e. The fourth-order valence-electron chi connectivity index (χ4n) is 3.26. The van der Waals surface area contributed by atoms with Crippen LogP contribution in [0.4, 0.5) is 0 Å². The van der Waals surface area contributed by atoms with E-state index < -0.39 is 0 Å². The number of rotatable bonds is 5. The average Bonchev–Trinajstić information content (AvgIpc) is 2.58. The van der Waals surface area contributed by atoms with Crippen molar-refractivity contribution in [2.75, 3.05) is 19.6 Å². The van der Waals surface area contributed by atoms with Gasteiger partial charge in [0.1, 0.15) is 0 Å². The summed E-state index contributed by atoms with van der Waals surface area (Å²) in [5.74, 6) is 0.348. The lowest BCUT2D eigenvalue weighted by atomic mass is 9.91. The Morgan fingerprint density at radius 2 is 1.77 bits per heavy atom. The smallest absolute Gasteiger partial charge is 0.0478 e. The third kappa shape index (κ3) is 4.08. The van der Waals surface area contributed by atoms with Crippen molar-refractivity contribution in [3.63, 3.8) is 0 Å². The number of aromatic nitrogens is 1. The van der Waals surface area contributed by atoms with Crippen molar-refractivity contribution < 1.29 is 0 Å². The van der Waals surface area contributed by atoms with Gasteiger partial charge in [-0.25, -0.2) is 0 Å². The van der Waals surface area contributed by atoms with E-state index in [4.69, 9.17) is 11.6 Å². The van der Waals surface area contributed by atoms with E-state index in [2.05, 4.69) is 34.1 Å². The van der Waals surface area contributed by atoms with Crippen molar-refractivity contribution in [2.45, 2.75) is 31.6 Å². The molecule has 22 heavy (non-hydrogen) atoms. The minimum Gasteiger partial charge on any atom is -0.303 e. The lowest BCUT2D eigenvalue weighted by Gasteiger charge is -2.28. The Morgan fingerprint density at radius 1 is 1.00 bits per heavy atom. The van der Waals surface area contributed by atoms with E-state index in [0.29, 0.717) is 5.92 Å². The van der Waals surface area contributed by atoms with E-state index in [-0.39, 0.29) is 0 Å². The average molecular weight is 315 g/mol. The fourth-order valence-corrected chi connectivity index (χ4v) is 3.38. The molecule has 3 rings (SSSR count). The van der Waals surface area contributed by atoms with Crippen LogP contribution < -0.4 is 0 Å². The highest BCUT2D eigenvalue weighted by Crippen LogP contribution is 2.28. The molecular formula is C19H23ClN2. The van der Waals surface area contributed by atoms with Gasteiger partial charge in [-0.3, -0.25) is 4.98 Å². The van der Waals surface area contributed by atoms with Gasteiger partial charge in [-0.2, -0.15) is 0 Å². The number of hydrogen-bond donors (Lipinski definition) is 0. The van der Waals surface area contributed by atoms with E-state index in [1.54, 1.807) is 0 Å². The van der Waals surface area contributed by atoms with Gasteiger partial charge in [0.05, 0.1) is 0 Å². The van der Waals surface area contributed by atoms with Gasteiger partial charge >= 0.3 is 0 Å². The van der Waals surface area contributed by atoms with Crippen LogP contribution in [0.2, 0.25) is 5.02 Å². The Kier molecular flexibility index (Phi) is 5.47. The summed E-state index contributed by atoms with van der Waals surface area (Å²) >= 11 is 6.04. The summed E-state index contributed by atoms with van der Waals surface area (Å²) < 4.78 is 0. The normalized spacial score (nSPS) is 17.3. The maximum Gasteiger partial charge on any atom is 0.0478 e. The second-order valence-corrected chi connectivity index (χ2v) is 6.49. The zero-order valence-electron chi connectivity index (χ0n) is 12.9. The van der Waals surface area contributed by atoms with Crippen LogP contribution >= 0.6 is 11.6 Å². The standard InChI is InChI=1S/C19H23ClN2/c20-17-9-7-16(8-10-17)18(19-6-2-3-12-21-19)11-15-22-13-4-1-5-14-22/h2-3,6-10,12,18H,1,4-5,11,13-15H2. The zero-order chi connectivity index (χ0) is 15.2. The minimum atomic E-state index is 0.348. The predicted octanol–water partition coefficient (Wildman–Crippen LogP) is 4.74. The predicted molar refractivity (Wildman–Crippen MR) is 92.4 cm³/mol. The summed E-state index contributed by atoms with van der Waals surface area (Å²) in [5.41, 5.74) is 2.46. The molecule has 1 saturated heterocycles. The number of hydrogen-bond acceptors (Lipinski definition) is 2. The highest BCUT2D eigenvalue weighted by Gasteiger charge is 2.18. The van der Waals surface area contributed by atoms with Crippen LogP contribution in [0.15, 0.2) is 48.7 Å². The lowest BCUT2D eigenvalue weighted by Crippen LogP contribution is -2.31. The van der Waals surface area contributed by atoms with Crippen molar-refractivity contribution in [1.29, 1.82) is 0 Å². The molecular weight excluding hydrogens is 292 g/mol. The van der Waals surface area contributed by atoms with Crippen molar-refractivity contribution in [1.82, 2.24) is 9.88 Å². The molecule has 3 heteroatoms. The van der Waals surface area contributed by atoms with Crippen LogP contribution in [0, 0.1) is 0 Å². The van der Waals surface area contributed by atoms with Crippen molar-refractivity contribution in [2.24, 2.45) is 0 Å². The number of benzene rings is 1. The highest BCUT2D eigenvalue weighted by molar-refractivity contribution is 6.30. The molecule has 2 nitrogen and oxygen atoms in total. The maximum atomic E-state index is 6.04. The van der Waals surface area contributed by atoms with Gasteiger partial charge in [0.15, 0.2) is 0 Å². The van der Waals surface area contributed by atoms with Crippen molar-refractivity contribution in [3.05, 3.63) is 64.9 Å². The summed E-state index contributed by atoms with van der Waals surface area (Å²) in [6.07, 6.45) is 7.07. The second kappa shape index (κ2) is 7.75. The van der Waals surface area contributed by atoms with Crippen molar-refractivity contribution >= 4 is 11.6 Å². The van der Waals surface area contributed by atoms with Gasteiger partial charge in [-0.05, 0) is 68.7 Å². The summed E-state index contributed by atoms with van der Waals surface area (Å²) in [4.78, 5) is 7.18. The van der Waals surface area contributed by atoms with E-state index in [1.165, 1.54) is 37.9 Å². The number of piperidine rings is 1. The Labute approximate surface area is 138 Å². The second-order valence-electron chi connectivity index (χ2n) is 6.05. The molecule has 0 aliphatic carbocycles. The van der Waals surface area contributed by atoms with Crippen LogP contribution in [0.25, 0.3) is 0 Å². The van der Waals surface area contributed by atoms with Gasteiger partial charge in [-0.1, -0.05) is 36.2 Å². The Hall–Kier alpha value is -1.38. The first-order chi connectivity index (χ1) is 10.8. The van der Waals surface area contributed by atoms with Gasteiger partial charge in [-0.15, -0.1) is 0 Å². The van der Waals surface area contributed by atoms with Crippen LogP contribution in [-0.2, 0) is 0 Å². The lowest BCUT2D eigenvalue weighted by molar-refractivity contribution is 0.223. The van der Waals surface area contributed by atoms with Gasteiger partial charge in [0, 0.05) is 22.8 Å². The summed E-state index contributed by atoms with van der Waals surface area (Å²) in [6, 6.07) is 14.4. The summed E-state index contributed by atoms with van der Waals surface area (Å²) in [5, 5.41) is 0.791. The molecule has 0 bridgehead atoms. The molecule has 0 radical (unpaired) electrons. The molecule has 116 valence electrons. The molecule has 0 N–H and O–H groups in total. The monoisotopic (exact) mass is 314 g/mol. The molecule has 1 aliphatic heterocycles. The summed E-state index contributed by atoms with van der Waals surface area (Å²) in [7, 11) is 0. The maximum absolute atomic E-state index is 6.04. The molecule has 0 saturated carbocycles. The van der Waals surface area contributed by atoms with Gasteiger partial charge in [0.25, 0.3) is 0 Å². The quantitative estimate of drug-likeness (QED) is 0.792. The molecule has 0 spiro atoms. The molecule has 1 aromatic carbocycles. The molecule has 0 amide bonds. The van der Waals surface area contributed by atoms with E-state index >= 15 is 0 Å². The van der Waals surface area contributed by atoms with Gasteiger partial charge < -0.3 is 4.90 Å². The van der Waals surface area contributed by atoms with Gasteiger partial charge in [0.2, 0.25) is 0 Å². The highest BCUT2D eigenvalue weighted by atomic mass is 35.5. The molecule has 1 aromatic heterocycles. The van der Waals surface area contributed by atoms with Crippen LogP contribution in [0.5, 0.6) is 0 Å². The first-order valence-electron chi connectivity index (χ1n) is 8.22. The molecule has 1 atom stereocenters. The van der Waals surface area contributed by atoms with Crippen LogP contribution in [0.3, 0.4) is 0 Å². The third-order valence-corrected chi connectivity index (χ3v) is 4.75. The summed E-state index contributed by atoms with van der Waals surface area (Å²) in [6.45, 7) is 3.63. The van der Waals surface area contributed by atoms with Crippen LogP contribution in [-0.4, -0.2) is 29.5 Å². The Morgan fingerprint density at radius 3 is 2.45 bits per heavy atom. The molecule has 1 unspecified atom stereocenters. The molecule has 1 aliphatic rings. The SMILES string of the molecule is Clc1ccc(C(CCN2CCCCC2)c2ccccn2)cc1. The van der Waals surface area contributed by atoms with E-state index in [9.17, 15) is 0 Å². The fraction of sp³-hybridized carbons (Fsp3) is 0.421. The zero-order valence-corrected chi connectivity index (χ0v) is 13.7. The van der Waals surface area contributed by atoms with E-state index in [1.807, 2.05) is 24.4 Å². The first kappa shape index (κ1) is 15.5. The number of nitrogens with zero attached hydrogens (tertiary/aromatic N) is 2. The Bertz CT molecular complexity index is 562. The number of likely N-dealkylation sites (tertiary alicyclic amines) is 1. The van der Waals surface area contributed by atoms with Crippen molar-refractivity contribution in [3.8, 4) is 0 Å². The van der Waals surface area contributed by atoms with Crippen LogP contribution in [0.1, 0.15) is 42.9 Å².